The molecule has 2 heterocycles. The fourth-order valence-corrected chi connectivity index (χ4v) is 1.65. The van der Waals surface area contributed by atoms with E-state index in [0.717, 1.165) is 0 Å². The van der Waals surface area contributed by atoms with Gasteiger partial charge in [0.25, 0.3) is 0 Å². The first-order valence-corrected chi connectivity index (χ1v) is 3.24. The molecule has 0 aromatic heterocycles. The summed E-state index contributed by atoms with van der Waals surface area (Å²) in [6.07, 6.45) is 4.74. The van der Waals surface area contributed by atoms with E-state index in [1.165, 1.54) is 12.8 Å². The maximum atomic E-state index is 5.30. The molecule has 0 aromatic rings. The van der Waals surface area contributed by atoms with Crippen molar-refractivity contribution >= 4 is 0 Å². The van der Waals surface area contributed by atoms with Crippen molar-refractivity contribution < 1.29 is 9.47 Å². The molecule has 0 N–H and O–H groups in total. The fraction of sp³-hybridized carbons (Fsp3) is 1.00. The molecule has 0 aromatic carbocycles. The van der Waals surface area contributed by atoms with Crippen LogP contribution in [0.1, 0.15) is 12.8 Å². The molecule has 8 heavy (non-hydrogen) atoms. The molecule has 2 nitrogen and oxygen atoms in total. The molecule has 1 aliphatic carbocycles. The Morgan fingerprint density at radius 3 is 1.50 bits per heavy atom. The van der Waals surface area contributed by atoms with Crippen molar-refractivity contribution in [3.63, 3.8) is 0 Å². The van der Waals surface area contributed by atoms with Crippen molar-refractivity contribution in [2.75, 3.05) is 0 Å². The average molecular weight is 112 g/mol. The zero-order chi connectivity index (χ0) is 5.14. The van der Waals surface area contributed by atoms with E-state index in [-0.39, 0.29) is 0 Å². The first-order chi connectivity index (χ1) is 3.93. The number of ether oxygens (including phenoxy) is 2. The Morgan fingerprint density at radius 2 is 1.12 bits per heavy atom. The highest BCUT2D eigenvalue weighted by atomic mass is 16.6. The summed E-state index contributed by atoms with van der Waals surface area (Å²) >= 11 is 0. The number of hydrogen-bond donors (Lipinski definition) is 0. The molecule has 0 bridgehead atoms. The summed E-state index contributed by atoms with van der Waals surface area (Å²) in [6.45, 7) is 0. The van der Waals surface area contributed by atoms with Gasteiger partial charge in [0.15, 0.2) is 0 Å². The van der Waals surface area contributed by atoms with Crippen LogP contribution in [0.2, 0.25) is 0 Å². The van der Waals surface area contributed by atoms with Crippen molar-refractivity contribution in [1.82, 2.24) is 0 Å². The third-order valence-corrected chi connectivity index (χ3v) is 2.30. The van der Waals surface area contributed by atoms with E-state index in [0.29, 0.717) is 24.4 Å². The second kappa shape index (κ2) is 0.957. The maximum absolute atomic E-state index is 5.30. The first kappa shape index (κ1) is 3.85. The van der Waals surface area contributed by atoms with Gasteiger partial charge in [0.2, 0.25) is 0 Å². The first-order valence-electron chi connectivity index (χ1n) is 3.24. The normalized spacial score (nSPS) is 66.0. The van der Waals surface area contributed by atoms with Gasteiger partial charge in [0, 0.05) is 12.8 Å². The molecule has 0 unspecified atom stereocenters. The summed E-state index contributed by atoms with van der Waals surface area (Å²) in [6, 6.07) is 0. The minimum atomic E-state index is 0.596. The molecule has 0 spiro atoms. The van der Waals surface area contributed by atoms with Gasteiger partial charge in [0.05, 0.1) is 24.4 Å². The monoisotopic (exact) mass is 112 g/mol. The summed E-state index contributed by atoms with van der Waals surface area (Å²) in [5.74, 6) is 0. The molecule has 1 saturated carbocycles. The molecule has 4 atom stereocenters. The molecule has 2 saturated heterocycles. The van der Waals surface area contributed by atoms with Crippen molar-refractivity contribution in [2.24, 2.45) is 0 Å². The molecular weight excluding hydrogens is 104 g/mol. The maximum Gasteiger partial charge on any atom is 0.0868 e. The van der Waals surface area contributed by atoms with Gasteiger partial charge in [-0.25, -0.2) is 0 Å². The van der Waals surface area contributed by atoms with Crippen LogP contribution in [-0.4, -0.2) is 24.4 Å². The summed E-state index contributed by atoms with van der Waals surface area (Å²) in [5.41, 5.74) is 0. The van der Waals surface area contributed by atoms with Gasteiger partial charge < -0.3 is 9.47 Å². The topological polar surface area (TPSA) is 25.1 Å². The van der Waals surface area contributed by atoms with E-state index in [1.54, 1.807) is 0 Å². The van der Waals surface area contributed by atoms with E-state index < -0.39 is 0 Å². The third kappa shape index (κ3) is 0.361. The Balaban J connectivity index is 1.85. The molecule has 3 aliphatic rings. The van der Waals surface area contributed by atoms with Crippen molar-refractivity contribution in [3.05, 3.63) is 0 Å². The van der Waals surface area contributed by atoms with E-state index >= 15 is 0 Å². The predicted molar refractivity (Wildman–Crippen MR) is 26.6 cm³/mol. The van der Waals surface area contributed by atoms with E-state index in [4.69, 9.17) is 9.47 Å². The third-order valence-electron chi connectivity index (χ3n) is 2.30. The Labute approximate surface area is 47.8 Å². The molecule has 44 valence electrons. The molecule has 0 radical (unpaired) electrons. The Morgan fingerprint density at radius 1 is 0.750 bits per heavy atom. The van der Waals surface area contributed by atoms with Crippen LogP contribution < -0.4 is 0 Å². The quantitative estimate of drug-likeness (QED) is 0.421. The van der Waals surface area contributed by atoms with Gasteiger partial charge in [-0.15, -0.1) is 0 Å². The highest BCUT2D eigenvalue weighted by Gasteiger charge is 2.56. The summed E-state index contributed by atoms with van der Waals surface area (Å²) in [4.78, 5) is 0. The molecule has 3 fully saturated rings. The standard InChI is InChI=1S/C6H8O2/c1-3-5(7-3)2-6-4(1)8-6/h3-6H,1-2H2/t3-,4-,5-,6+/m1/s1. The van der Waals surface area contributed by atoms with Gasteiger partial charge in [-0.1, -0.05) is 0 Å². The molecule has 2 heteroatoms. The highest BCUT2D eigenvalue weighted by molar-refractivity contribution is 5.03. The minimum Gasteiger partial charge on any atom is -0.369 e. The van der Waals surface area contributed by atoms with Crippen LogP contribution in [0.15, 0.2) is 0 Å². The number of fused-ring (bicyclic) bond motifs is 2. The van der Waals surface area contributed by atoms with Crippen LogP contribution in [0.4, 0.5) is 0 Å². The van der Waals surface area contributed by atoms with E-state index in [9.17, 15) is 0 Å². The molecular formula is C6H8O2. The fourth-order valence-electron chi connectivity index (χ4n) is 1.65. The summed E-state index contributed by atoms with van der Waals surface area (Å²) < 4.78 is 10.6. The highest BCUT2D eigenvalue weighted by Crippen LogP contribution is 2.46. The van der Waals surface area contributed by atoms with Crippen LogP contribution in [0.25, 0.3) is 0 Å². The minimum absolute atomic E-state index is 0.596. The van der Waals surface area contributed by atoms with E-state index in [1.807, 2.05) is 0 Å². The Kier molecular flexibility index (Phi) is 0.461. The lowest BCUT2D eigenvalue weighted by molar-refractivity contribution is 0.295. The lowest BCUT2D eigenvalue weighted by Crippen LogP contribution is -2.10. The lowest BCUT2D eigenvalue weighted by atomic mass is 10.0. The Hall–Kier alpha value is -0.0800. The average Bonchev–Trinajstić information content (AvgIpc) is 2.45. The number of epoxide rings is 2. The largest absolute Gasteiger partial charge is 0.369 e. The predicted octanol–water partition coefficient (Wildman–Crippen LogP) is 0.315. The van der Waals surface area contributed by atoms with Crippen LogP contribution in [0.3, 0.4) is 0 Å². The van der Waals surface area contributed by atoms with Gasteiger partial charge in [-0.05, 0) is 0 Å². The second-order valence-electron chi connectivity index (χ2n) is 2.90. The van der Waals surface area contributed by atoms with E-state index in [2.05, 4.69) is 0 Å². The van der Waals surface area contributed by atoms with Gasteiger partial charge in [-0.3, -0.25) is 0 Å². The number of rotatable bonds is 0. The van der Waals surface area contributed by atoms with Crippen LogP contribution in [0, 0.1) is 0 Å². The zero-order valence-corrected chi connectivity index (χ0v) is 4.54. The van der Waals surface area contributed by atoms with Crippen molar-refractivity contribution in [3.8, 4) is 0 Å². The number of hydrogen-bond acceptors (Lipinski definition) is 2. The van der Waals surface area contributed by atoms with Crippen LogP contribution >= 0.6 is 0 Å². The summed E-state index contributed by atoms with van der Waals surface area (Å²) in [7, 11) is 0. The second-order valence-corrected chi connectivity index (χ2v) is 2.90. The summed E-state index contributed by atoms with van der Waals surface area (Å²) in [5, 5.41) is 0. The molecule has 0 amide bonds. The smallest absolute Gasteiger partial charge is 0.0868 e. The zero-order valence-electron chi connectivity index (χ0n) is 4.54. The van der Waals surface area contributed by atoms with Gasteiger partial charge in [-0.2, -0.15) is 0 Å². The van der Waals surface area contributed by atoms with Crippen LogP contribution in [-0.2, 0) is 9.47 Å². The van der Waals surface area contributed by atoms with Crippen molar-refractivity contribution in [2.45, 2.75) is 37.3 Å². The lowest BCUT2D eigenvalue weighted by Gasteiger charge is -1.94. The van der Waals surface area contributed by atoms with Crippen molar-refractivity contribution in [1.29, 1.82) is 0 Å². The molecule has 3 rings (SSSR count). The van der Waals surface area contributed by atoms with Gasteiger partial charge in [0.1, 0.15) is 0 Å². The van der Waals surface area contributed by atoms with Crippen LogP contribution in [0.5, 0.6) is 0 Å². The Bertz CT molecular complexity index is 106. The van der Waals surface area contributed by atoms with Gasteiger partial charge >= 0.3 is 0 Å². The molecule has 2 aliphatic heterocycles. The SMILES string of the molecule is C1[C@@H]2O[C@@H]2C[C@H]2O[C@H]12.